The van der Waals surface area contributed by atoms with Crippen LogP contribution in [0.2, 0.25) is 0 Å². The quantitative estimate of drug-likeness (QED) is 0.418. The van der Waals surface area contributed by atoms with Crippen molar-refractivity contribution >= 4 is 23.1 Å². The average molecular weight is 225 g/mol. The molecule has 0 saturated carbocycles. The van der Waals surface area contributed by atoms with Gasteiger partial charge in [-0.25, -0.2) is 0 Å². The van der Waals surface area contributed by atoms with Crippen LogP contribution < -0.4 is 21.7 Å². The molecular formula is C8H9BrMgO. The van der Waals surface area contributed by atoms with Crippen LogP contribution in [0.15, 0.2) is 24.3 Å². The van der Waals surface area contributed by atoms with Gasteiger partial charge in [0.25, 0.3) is 0 Å². The zero-order chi connectivity index (χ0) is 6.69. The molecule has 0 spiro atoms. The van der Waals surface area contributed by atoms with E-state index in [4.69, 9.17) is 4.74 Å². The van der Waals surface area contributed by atoms with Gasteiger partial charge in [-0.1, -0.05) is 12.1 Å². The molecule has 0 aromatic heterocycles. The zero-order valence-electron chi connectivity index (χ0n) is 6.51. The third-order valence-electron chi connectivity index (χ3n) is 1.19. The molecule has 0 atom stereocenters. The van der Waals surface area contributed by atoms with Crippen LogP contribution >= 0.6 is 0 Å². The smallest absolute Gasteiger partial charge is 1.00 e. The number of halogens is 1. The molecule has 0 heterocycles. The third-order valence-corrected chi connectivity index (χ3v) is 1.19. The Hall–Kier alpha value is 0.136. The van der Waals surface area contributed by atoms with Gasteiger partial charge < -0.3 is 21.7 Å². The fourth-order valence-electron chi connectivity index (χ4n) is 0.703. The molecular weight excluding hydrogens is 216 g/mol. The van der Waals surface area contributed by atoms with E-state index in [0.717, 1.165) is 11.3 Å². The van der Waals surface area contributed by atoms with Crippen molar-refractivity contribution in [2.45, 2.75) is 0 Å². The summed E-state index contributed by atoms with van der Waals surface area (Å²) in [7, 11) is 1.64. The van der Waals surface area contributed by atoms with Crippen molar-refractivity contribution in [2.24, 2.45) is 0 Å². The summed E-state index contributed by atoms with van der Waals surface area (Å²) in [6, 6.07) is 7.67. The number of ether oxygens (including phenoxy) is 1. The van der Waals surface area contributed by atoms with Crippen molar-refractivity contribution in [3.05, 3.63) is 36.8 Å². The van der Waals surface area contributed by atoms with Gasteiger partial charge in [0, 0.05) is 5.75 Å². The predicted molar refractivity (Wildman–Crippen MR) is 43.2 cm³/mol. The van der Waals surface area contributed by atoms with Gasteiger partial charge in [-0.15, -0.1) is 6.07 Å². The summed E-state index contributed by atoms with van der Waals surface area (Å²) in [4.78, 5) is 0. The average Bonchev–Trinajstić information content (AvgIpc) is 1.89. The first-order valence-corrected chi connectivity index (χ1v) is 2.79. The first-order chi connectivity index (χ1) is 4.34. The first kappa shape index (κ1) is 13.7. The summed E-state index contributed by atoms with van der Waals surface area (Å²) in [5.74, 6) is 0.845. The van der Waals surface area contributed by atoms with E-state index >= 15 is 0 Å². The zero-order valence-corrected chi connectivity index (χ0v) is 9.51. The fourth-order valence-corrected chi connectivity index (χ4v) is 0.703. The van der Waals surface area contributed by atoms with Crippen molar-refractivity contribution in [3.8, 4) is 5.75 Å². The van der Waals surface area contributed by atoms with E-state index in [-0.39, 0.29) is 40.0 Å². The Balaban J connectivity index is 0. The number of hydrogen-bond acceptors (Lipinski definition) is 1. The van der Waals surface area contributed by atoms with E-state index in [1.807, 2.05) is 24.3 Å². The number of hydrogen-bond donors (Lipinski definition) is 0. The number of benzene rings is 1. The maximum absolute atomic E-state index is 4.98. The first-order valence-electron chi connectivity index (χ1n) is 2.79. The minimum atomic E-state index is 0. The van der Waals surface area contributed by atoms with Crippen molar-refractivity contribution < 1.29 is 21.7 Å². The van der Waals surface area contributed by atoms with Crippen LogP contribution in [0.4, 0.5) is 0 Å². The molecule has 1 rings (SSSR count). The Morgan fingerprint density at radius 2 is 1.82 bits per heavy atom. The molecule has 0 bridgehead atoms. The van der Waals surface area contributed by atoms with E-state index in [1.165, 1.54) is 0 Å². The van der Waals surface area contributed by atoms with Crippen molar-refractivity contribution in [3.63, 3.8) is 0 Å². The Bertz CT molecular complexity index is 203. The summed E-state index contributed by atoms with van der Waals surface area (Å²) in [5.41, 5.74) is 0.931. The minimum Gasteiger partial charge on any atom is -1.00 e. The van der Waals surface area contributed by atoms with Gasteiger partial charge >= 0.3 is 23.1 Å². The van der Waals surface area contributed by atoms with Crippen LogP contribution in [-0.4, -0.2) is 30.2 Å². The van der Waals surface area contributed by atoms with E-state index in [1.54, 1.807) is 7.11 Å². The number of rotatable bonds is 1. The molecule has 0 fully saturated rings. The van der Waals surface area contributed by atoms with Gasteiger partial charge in [0.1, 0.15) is 0 Å². The Labute approximate surface area is 94.1 Å². The van der Waals surface area contributed by atoms with Crippen LogP contribution in [0.1, 0.15) is 5.56 Å². The molecule has 1 aromatic rings. The summed E-state index contributed by atoms with van der Waals surface area (Å²) in [6.45, 7) is 3.77. The van der Waals surface area contributed by atoms with Crippen LogP contribution in [0.5, 0.6) is 5.75 Å². The van der Waals surface area contributed by atoms with Crippen LogP contribution in [0.3, 0.4) is 0 Å². The molecule has 11 heavy (non-hydrogen) atoms. The molecule has 56 valence electrons. The maximum atomic E-state index is 4.98. The minimum absolute atomic E-state index is 0. The molecule has 0 aliphatic rings. The Morgan fingerprint density at radius 3 is 2.18 bits per heavy atom. The molecule has 0 radical (unpaired) electrons. The Kier molecular flexibility index (Phi) is 8.50. The molecule has 0 aliphatic carbocycles. The third kappa shape index (κ3) is 3.89. The summed E-state index contributed by atoms with van der Waals surface area (Å²) in [6.07, 6.45) is 0. The van der Waals surface area contributed by atoms with Crippen molar-refractivity contribution in [1.29, 1.82) is 0 Å². The fraction of sp³-hybridized carbons (Fsp3) is 0.125. The van der Waals surface area contributed by atoms with Gasteiger partial charge in [-0.2, -0.15) is 18.6 Å². The summed E-state index contributed by atoms with van der Waals surface area (Å²) < 4.78 is 4.98. The molecule has 0 amide bonds. The standard InChI is InChI=1S/C8H9O.BrH.Mg/c1-7-5-3-4-6-8(7)9-2;;/h3-6H,1H2,2H3;1H;/q-1;;+2/p-1. The van der Waals surface area contributed by atoms with E-state index in [0.29, 0.717) is 0 Å². The van der Waals surface area contributed by atoms with Gasteiger partial charge in [0.05, 0.1) is 7.11 Å². The van der Waals surface area contributed by atoms with Gasteiger partial charge in [0.15, 0.2) is 0 Å². The second kappa shape index (κ2) is 6.82. The van der Waals surface area contributed by atoms with E-state index in [2.05, 4.69) is 6.92 Å². The molecule has 0 aliphatic heterocycles. The molecule has 1 aromatic carbocycles. The normalized spacial score (nSPS) is 7.36. The van der Waals surface area contributed by atoms with Gasteiger partial charge in [-0.3, -0.25) is 0 Å². The van der Waals surface area contributed by atoms with Crippen molar-refractivity contribution in [1.82, 2.24) is 0 Å². The molecule has 1 nitrogen and oxygen atoms in total. The molecule has 3 heteroatoms. The molecule has 0 unspecified atom stereocenters. The SMILES string of the molecule is [Br-].[CH2-]c1ccccc1OC.[Mg+2]. The van der Waals surface area contributed by atoms with Crippen LogP contribution in [-0.2, 0) is 0 Å². The topological polar surface area (TPSA) is 9.23 Å². The predicted octanol–water partition coefficient (Wildman–Crippen LogP) is -1.50. The van der Waals surface area contributed by atoms with Gasteiger partial charge in [0.2, 0.25) is 0 Å². The van der Waals surface area contributed by atoms with Crippen LogP contribution in [0, 0.1) is 6.92 Å². The number of methoxy groups -OCH3 is 1. The number of para-hydroxylation sites is 1. The maximum Gasteiger partial charge on any atom is 2.00 e. The Morgan fingerprint density at radius 1 is 1.27 bits per heavy atom. The largest absolute Gasteiger partial charge is 2.00 e. The second-order valence-electron chi connectivity index (χ2n) is 1.81. The van der Waals surface area contributed by atoms with Crippen molar-refractivity contribution in [2.75, 3.05) is 7.11 Å². The molecule has 0 saturated heterocycles. The van der Waals surface area contributed by atoms with E-state index in [9.17, 15) is 0 Å². The van der Waals surface area contributed by atoms with Crippen LogP contribution in [0.25, 0.3) is 0 Å². The van der Waals surface area contributed by atoms with Gasteiger partial charge in [-0.05, 0) is 0 Å². The monoisotopic (exact) mass is 224 g/mol. The molecule has 0 N–H and O–H groups in total. The van der Waals surface area contributed by atoms with E-state index < -0.39 is 0 Å². The summed E-state index contributed by atoms with van der Waals surface area (Å²) >= 11 is 0. The second-order valence-corrected chi connectivity index (χ2v) is 1.81. The summed E-state index contributed by atoms with van der Waals surface area (Å²) in [5, 5.41) is 0.